The number of carboxylic acid groups (broad SMARTS) is 2. The van der Waals surface area contributed by atoms with Crippen LogP contribution in [-0.4, -0.2) is 57.4 Å². The predicted octanol–water partition coefficient (Wildman–Crippen LogP) is 11.0. The number of hydrogen-bond donors (Lipinski definition) is 2. The fraction of sp³-hybridized carbons (Fsp3) is 0.944. The molecular formula is C36H70O5S2. The summed E-state index contributed by atoms with van der Waals surface area (Å²) < 4.78 is 6.01. The molecule has 2 N–H and O–H groups in total. The predicted molar refractivity (Wildman–Crippen MR) is 190 cm³/mol. The maximum Gasteiger partial charge on any atom is 0.307 e. The summed E-state index contributed by atoms with van der Waals surface area (Å²) in [4.78, 5) is 23.6. The largest absolute Gasteiger partial charge is 0.481 e. The molecule has 4 atom stereocenters. The van der Waals surface area contributed by atoms with E-state index in [2.05, 4.69) is 27.7 Å². The Balaban J connectivity index is 4.67. The van der Waals surface area contributed by atoms with Gasteiger partial charge in [0.25, 0.3) is 0 Å². The SMILES string of the molecule is CCCCC(CCCC)CCCSC(CCOCCC(SCCCC(CCCC)CCCC)C(C)C(=O)O)C(C)C(=O)O. The molecule has 4 unspecified atom stereocenters. The number of aliphatic carboxylic acids is 2. The molecule has 0 heterocycles. The molecule has 0 aromatic carbocycles. The number of unbranched alkanes of at least 4 members (excludes halogenated alkanes) is 4. The summed E-state index contributed by atoms with van der Waals surface area (Å²) in [6, 6.07) is 0. The molecule has 0 aliphatic rings. The monoisotopic (exact) mass is 646 g/mol. The Kier molecular flexibility index (Phi) is 28.8. The Labute approximate surface area is 275 Å². The summed E-state index contributed by atoms with van der Waals surface area (Å²) in [7, 11) is 0. The first-order valence-corrected chi connectivity index (χ1v) is 20.1. The first kappa shape index (κ1) is 42.6. The molecule has 0 saturated carbocycles. The Morgan fingerprint density at radius 2 is 0.837 bits per heavy atom. The summed E-state index contributed by atoms with van der Waals surface area (Å²) in [6.45, 7) is 13.7. The smallest absolute Gasteiger partial charge is 0.307 e. The van der Waals surface area contributed by atoms with Crippen LogP contribution in [-0.2, 0) is 14.3 Å². The molecule has 7 heteroatoms. The van der Waals surface area contributed by atoms with Gasteiger partial charge in [0.15, 0.2) is 0 Å². The van der Waals surface area contributed by atoms with Gasteiger partial charge in [0.05, 0.1) is 11.8 Å². The summed E-state index contributed by atoms with van der Waals surface area (Å²) >= 11 is 3.61. The molecule has 0 saturated heterocycles. The Hall–Kier alpha value is -0.400. The van der Waals surface area contributed by atoms with Crippen LogP contribution in [0.3, 0.4) is 0 Å². The quantitative estimate of drug-likeness (QED) is 0.0703. The fourth-order valence-electron chi connectivity index (χ4n) is 5.83. The number of hydrogen-bond acceptors (Lipinski definition) is 5. The normalized spacial score (nSPS) is 14.7. The van der Waals surface area contributed by atoms with Crippen molar-refractivity contribution in [1.82, 2.24) is 0 Å². The van der Waals surface area contributed by atoms with E-state index >= 15 is 0 Å². The van der Waals surface area contributed by atoms with E-state index in [0.717, 1.165) is 49.0 Å². The Bertz CT molecular complexity index is 592. The van der Waals surface area contributed by atoms with Gasteiger partial charge in [0.1, 0.15) is 0 Å². The molecule has 0 spiro atoms. The minimum Gasteiger partial charge on any atom is -0.481 e. The van der Waals surface area contributed by atoms with Crippen LogP contribution in [0.5, 0.6) is 0 Å². The third kappa shape index (κ3) is 22.7. The zero-order valence-electron chi connectivity index (χ0n) is 29.0. The van der Waals surface area contributed by atoms with Crippen molar-refractivity contribution in [3.8, 4) is 0 Å². The van der Waals surface area contributed by atoms with Crippen LogP contribution >= 0.6 is 23.5 Å². The van der Waals surface area contributed by atoms with Gasteiger partial charge in [-0.25, -0.2) is 0 Å². The fourth-order valence-corrected chi connectivity index (χ4v) is 8.43. The number of rotatable bonds is 32. The van der Waals surface area contributed by atoms with Crippen molar-refractivity contribution >= 4 is 35.5 Å². The molecule has 0 bridgehead atoms. The second kappa shape index (κ2) is 29.0. The van der Waals surface area contributed by atoms with Crippen LogP contribution < -0.4 is 0 Å². The van der Waals surface area contributed by atoms with Crippen molar-refractivity contribution in [2.75, 3.05) is 24.7 Å². The lowest BCUT2D eigenvalue weighted by Crippen LogP contribution is -2.26. The molecule has 0 amide bonds. The summed E-state index contributed by atoms with van der Waals surface area (Å²) in [5, 5.41) is 19.5. The van der Waals surface area contributed by atoms with Crippen molar-refractivity contribution in [3.05, 3.63) is 0 Å². The van der Waals surface area contributed by atoms with Crippen molar-refractivity contribution in [2.45, 2.75) is 168 Å². The number of ether oxygens (including phenoxy) is 1. The van der Waals surface area contributed by atoms with Gasteiger partial charge in [-0.1, -0.05) is 119 Å². The standard InChI is InChI=1S/C36H70O5S2/c1-7-11-17-31(18-12-8-2)21-15-27-42-33(29(5)35(37)38)23-25-41-26-24-34(30(6)36(39)40)43-28-16-22-32(19-13-9-3)20-14-10-4/h29-34H,7-28H2,1-6H3,(H,37,38)(H,39,40). The molecule has 0 aliphatic heterocycles. The van der Waals surface area contributed by atoms with Crippen LogP contribution in [0.1, 0.15) is 157 Å². The first-order valence-electron chi connectivity index (χ1n) is 18.0. The van der Waals surface area contributed by atoms with E-state index in [0.29, 0.717) is 13.2 Å². The lowest BCUT2D eigenvalue weighted by Gasteiger charge is -2.23. The van der Waals surface area contributed by atoms with Crippen LogP contribution in [0.25, 0.3) is 0 Å². The van der Waals surface area contributed by atoms with Gasteiger partial charge in [-0.15, -0.1) is 0 Å². The van der Waals surface area contributed by atoms with Crippen LogP contribution in [0, 0.1) is 23.7 Å². The van der Waals surface area contributed by atoms with Gasteiger partial charge in [-0.05, 0) is 61.9 Å². The number of thioether (sulfide) groups is 2. The number of carboxylic acids is 2. The van der Waals surface area contributed by atoms with E-state index in [9.17, 15) is 19.8 Å². The van der Waals surface area contributed by atoms with E-state index in [1.807, 2.05) is 13.8 Å². The maximum absolute atomic E-state index is 11.8. The van der Waals surface area contributed by atoms with Gasteiger partial charge in [-0.2, -0.15) is 23.5 Å². The highest BCUT2D eigenvalue weighted by atomic mass is 32.2. The van der Waals surface area contributed by atoms with E-state index < -0.39 is 23.8 Å². The maximum atomic E-state index is 11.8. The van der Waals surface area contributed by atoms with Gasteiger partial charge >= 0.3 is 11.9 Å². The van der Waals surface area contributed by atoms with Crippen molar-refractivity contribution in [3.63, 3.8) is 0 Å². The molecular weight excluding hydrogens is 577 g/mol. The molecule has 256 valence electrons. The molecule has 5 nitrogen and oxygen atoms in total. The lowest BCUT2D eigenvalue weighted by molar-refractivity contribution is -0.142. The van der Waals surface area contributed by atoms with E-state index in [1.165, 1.54) is 89.9 Å². The topological polar surface area (TPSA) is 83.8 Å². The van der Waals surface area contributed by atoms with Crippen molar-refractivity contribution in [2.24, 2.45) is 23.7 Å². The summed E-state index contributed by atoms with van der Waals surface area (Å²) in [5.41, 5.74) is 0. The zero-order valence-corrected chi connectivity index (χ0v) is 30.6. The van der Waals surface area contributed by atoms with Crippen LogP contribution in [0.4, 0.5) is 0 Å². The van der Waals surface area contributed by atoms with E-state index in [1.54, 1.807) is 23.5 Å². The molecule has 43 heavy (non-hydrogen) atoms. The zero-order chi connectivity index (χ0) is 32.3. The van der Waals surface area contributed by atoms with Crippen LogP contribution in [0.2, 0.25) is 0 Å². The highest BCUT2D eigenvalue weighted by Crippen LogP contribution is 2.29. The second-order valence-electron chi connectivity index (χ2n) is 12.8. The lowest BCUT2D eigenvalue weighted by atomic mass is 9.92. The number of carbonyl (C=O) groups is 2. The molecule has 0 rings (SSSR count). The average molecular weight is 647 g/mol. The van der Waals surface area contributed by atoms with Gasteiger partial charge < -0.3 is 14.9 Å². The minimum atomic E-state index is -0.736. The average Bonchev–Trinajstić information content (AvgIpc) is 2.99. The summed E-state index contributed by atoms with van der Waals surface area (Å²) in [5.74, 6) is 1.34. The van der Waals surface area contributed by atoms with E-state index in [-0.39, 0.29) is 10.5 Å². The highest BCUT2D eigenvalue weighted by molar-refractivity contribution is 8.00. The molecule has 0 aromatic rings. The third-order valence-electron chi connectivity index (χ3n) is 9.03. The van der Waals surface area contributed by atoms with Gasteiger partial charge in [-0.3, -0.25) is 9.59 Å². The van der Waals surface area contributed by atoms with E-state index in [4.69, 9.17) is 4.74 Å². The minimum absolute atomic E-state index is 0.0405. The Morgan fingerprint density at radius 3 is 1.12 bits per heavy atom. The first-order chi connectivity index (χ1) is 20.7. The van der Waals surface area contributed by atoms with Crippen molar-refractivity contribution < 1.29 is 24.5 Å². The van der Waals surface area contributed by atoms with Gasteiger partial charge in [0.2, 0.25) is 0 Å². The summed E-state index contributed by atoms with van der Waals surface area (Å²) in [6.07, 6.45) is 21.8. The van der Waals surface area contributed by atoms with Gasteiger partial charge in [0, 0.05) is 23.7 Å². The Morgan fingerprint density at radius 1 is 0.535 bits per heavy atom. The third-order valence-corrected chi connectivity index (χ3v) is 12.2. The molecule has 0 aliphatic carbocycles. The second-order valence-corrected chi connectivity index (χ2v) is 15.5. The van der Waals surface area contributed by atoms with Crippen molar-refractivity contribution in [1.29, 1.82) is 0 Å². The molecule has 0 radical (unpaired) electrons. The molecule has 0 fully saturated rings. The highest BCUT2D eigenvalue weighted by Gasteiger charge is 2.26. The molecule has 0 aromatic heterocycles. The van der Waals surface area contributed by atoms with Crippen LogP contribution in [0.15, 0.2) is 0 Å².